The third-order valence-electron chi connectivity index (χ3n) is 3.36. The monoisotopic (exact) mass is 308 g/mol. The molecule has 1 aromatic carbocycles. The summed E-state index contributed by atoms with van der Waals surface area (Å²) in [6.45, 7) is 5.96. The van der Waals surface area contributed by atoms with Crippen molar-refractivity contribution in [3.63, 3.8) is 0 Å². The first kappa shape index (κ1) is 15.5. The Labute approximate surface area is 125 Å². The van der Waals surface area contributed by atoms with Crippen molar-refractivity contribution >= 4 is 15.7 Å². The van der Waals surface area contributed by atoms with Crippen molar-refractivity contribution in [1.82, 2.24) is 10.2 Å². The molecule has 0 atom stereocenters. The van der Waals surface area contributed by atoms with Crippen LogP contribution in [-0.4, -0.2) is 25.2 Å². The van der Waals surface area contributed by atoms with Crippen molar-refractivity contribution in [2.75, 3.05) is 10.8 Å². The summed E-state index contributed by atoms with van der Waals surface area (Å²) in [6, 6.07) is 7.22. The van der Waals surface area contributed by atoms with Gasteiger partial charge >= 0.3 is 0 Å². The lowest BCUT2D eigenvalue weighted by Gasteiger charge is -2.23. The van der Waals surface area contributed by atoms with Crippen LogP contribution in [-0.2, 0) is 16.6 Å². The van der Waals surface area contributed by atoms with Gasteiger partial charge in [0.2, 0.25) is 0 Å². The average molecular weight is 308 g/mol. The Morgan fingerprint density at radius 1 is 1.24 bits per heavy atom. The molecule has 0 aliphatic heterocycles. The van der Waals surface area contributed by atoms with Crippen molar-refractivity contribution in [1.29, 1.82) is 0 Å². The van der Waals surface area contributed by atoms with Crippen molar-refractivity contribution in [2.45, 2.75) is 32.2 Å². The van der Waals surface area contributed by atoms with E-state index < -0.39 is 10.0 Å². The van der Waals surface area contributed by atoms with Crippen LogP contribution >= 0.6 is 0 Å². The summed E-state index contributed by atoms with van der Waals surface area (Å²) >= 11 is 0. The molecule has 21 heavy (non-hydrogen) atoms. The molecule has 3 N–H and O–H groups in total. The fourth-order valence-electron chi connectivity index (χ4n) is 2.32. The van der Waals surface area contributed by atoms with E-state index in [1.165, 1.54) is 4.31 Å². The summed E-state index contributed by atoms with van der Waals surface area (Å²) in [7, 11) is -3.63. The first-order valence-electron chi connectivity index (χ1n) is 6.75. The third kappa shape index (κ3) is 2.79. The van der Waals surface area contributed by atoms with Crippen LogP contribution < -0.4 is 10.0 Å². The van der Waals surface area contributed by atoms with Gasteiger partial charge in [-0.25, -0.2) is 8.42 Å². The number of aryl methyl sites for hydroxylation is 2. The second kappa shape index (κ2) is 5.87. The topological polar surface area (TPSA) is 92.1 Å². The molecule has 0 saturated carbocycles. The molecule has 1 aromatic heterocycles. The predicted molar refractivity (Wildman–Crippen MR) is 82.6 cm³/mol. The van der Waals surface area contributed by atoms with Crippen LogP contribution in [0.3, 0.4) is 0 Å². The second-order valence-electron chi connectivity index (χ2n) is 4.80. The fourth-order valence-corrected chi connectivity index (χ4v) is 4.13. The Balaban J connectivity index is 2.49. The highest BCUT2D eigenvalue weighted by atomic mass is 32.2. The lowest BCUT2D eigenvalue weighted by Crippen LogP contribution is -2.31. The third-order valence-corrected chi connectivity index (χ3v) is 5.52. The van der Waals surface area contributed by atoms with Gasteiger partial charge in [0, 0.05) is 13.1 Å². The number of aromatic nitrogens is 2. The van der Waals surface area contributed by atoms with Crippen LogP contribution in [0.25, 0.3) is 0 Å². The summed E-state index contributed by atoms with van der Waals surface area (Å²) in [5.41, 5.74) is 8.17. The zero-order valence-electron chi connectivity index (χ0n) is 12.4. The predicted octanol–water partition coefficient (Wildman–Crippen LogP) is 1.70. The molecule has 0 aliphatic carbocycles. The Morgan fingerprint density at radius 2 is 1.86 bits per heavy atom. The molecule has 0 saturated heterocycles. The van der Waals surface area contributed by atoms with Crippen LogP contribution in [0.1, 0.15) is 23.9 Å². The lowest BCUT2D eigenvalue weighted by atomic mass is 10.2. The molecular weight excluding hydrogens is 288 g/mol. The van der Waals surface area contributed by atoms with Gasteiger partial charge in [0.1, 0.15) is 4.90 Å². The average Bonchev–Trinajstić information content (AvgIpc) is 2.80. The fraction of sp³-hybridized carbons (Fsp3) is 0.357. The number of sulfonamides is 1. The summed E-state index contributed by atoms with van der Waals surface area (Å²) in [5.74, 6) is 0. The summed E-state index contributed by atoms with van der Waals surface area (Å²) in [4.78, 5) is 0.243. The minimum absolute atomic E-state index is 0.243. The van der Waals surface area contributed by atoms with Crippen LogP contribution in [0.15, 0.2) is 29.2 Å². The number of aromatic amines is 1. The maximum absolute atomic E-state index is 12.9. The molecule has 0 bridgehead atoms. The van der Waals surface area contributed by atoms with Gasteiger partial charge in [0.05, 0.1) is 17.1 Å². The van der Waals surface area contributed by atoms with E-state index in [4.69, 9.17) is 5.73 Å². The van der Waals surface area contributed by atoms with E-state index >= 15 is 0 Å². The number of rotatable bonds is 5. The van der Waals surface area contributed by atoms with E-state index in [2.05, 4.69) is 10.2 Å². The number of hydrogen-bond donors (Lipinski definition) is 2. The highest BCUT2D eigenvalue weighted by molar-refractivity contribution is 7.93. The van der Waals surface area contributed by atoms with E-state index in [0.29, 0.717) is 30.2 Å². The Morgan fingerprint density at radius 3 is 2.29 bits per heavy atom. The molecule has 0 spiro atoms. The molecule has 0 fully saturated rings. The number of H-pyrrole nitrogens is 1. The number of hydrogen-bond acceptors (Lipinski definition) is 4. The van der Waals surface area contributed by atoms with E-state index in [0.717, 1.165) is 5.56 Å². The Hall–Kier alpha value is -1.86. The first-order chi connectivity index (χ1) is 9.91. The first-order valence-corrected chi connectivity index (χ1v) is 8.19. The van der Waals surface area contributed by atoms with Gasteiger partial charge < -0.3 is 5.73 Å². The van der Waals surface area contributed by atoms with Gasteiger partial charge in [-0.3, -0.25) is 9.40 Å². The van der Waals surface area contributed by atoms with Gasteiger partial charge in [0.25, 0.3) is 10.0 Å². The number of nitrogens with zero attached hydrogens (tertiary/aromatic N) is 2. The molecule has 6 nitrogen and oxygen atoms in total. The van der Waals surface area contributed by atoms with E-state index in [1.807, 2.05) is 12.1 Å². The SMILES string of the molecule is CCN(c1ccc(CN)cc1)S(=O)(=O)c1c(C)n[nH]c1C. The maximum Gasteiger partial charge on any atom is 0.267 e. The van der Waals surface area contributed by atoms with E-state index in [1.54, 1.807) is 32.9 Å². The van der Waals surface area contributed by atoms with Crippen LogP contribution in [0.5, 0.6) is 0 Å². The van der Waals surface area contributed by atoms with E-state index in [9.17, 15) is 8.42 Å². The van der Waals surface area contributed by atoms with Gasteiger partial charge in [0.15, 0.2) is 0 Å². The largest absolute Gasteiger partial charge is 0.326 e. The molecular formula is C14H20N4O2S. The molecule has 0 amide bonds. The molecule has 114 valence electrons. The Kier molecular flexibility index (Phi) is 4.34. The number of anilines is 1. The van der Waals surface area contributed by atoms with Crippen LogP contribution in [0.2, 0.25) is 0 Å². The molecule has 7 heteroatoms. The summed E-state index contributed by atoms with van der Waals surface area (Å²) in [6.07, 6.45) is 0. The molecule has 2 aromatic rings. The van der Waals surface area contributed by atoms with Gasteiger partial charge in [-0.1, -0.05) is 12.1 Å². The quantitative estimate of drug-likeness (QED) is 0.879. The van der Waals surface area contributed by atoms with Crippen molar-refractivity contribution in [2.24, 2.45) is 5.73 Å². The molecule has 2 rings (SSSR count). The van der Waals surface area contributed by atoms with Gasteiger partial charge in [-0.05, 0) is 38.5 Å². The van der Waals surface area contributed by atoms with Crippen LogP contribution in [0.4, 0.5) is 5.69 Å². The zero-order chi connectivity index (χ0) is 15.6. The summed E-state index contributed by atoms with van der Waals surface area (Å²) in [5, 5.41) is 6.69. The van der Waals surface area contributed by atoms with Crippen molar-refractivity contribution < 1.29 is 8.42 Å². The minimum Gasteiger partial charge on any atom is -0.326 e. The maximum atomic E-state index is 12.9. The molecule has 0 aliphatic rings. The molecule has 0 unspecified atom stereocenters. The Bertz CT molecular complexity index is 700. The standard InChI is InChI=1S/C14H20N4O2S/c1-4-18(13-7-5-12(9-15)6-8-13)21(19,20)14-10(2)16-17-11(14)3/h5-8H,4,9,15H2,1-3H3,(H,16,17). The van der Waals surface area contributed by atoms with Gasteiger partial charge in [-0.2, -0.15) is 5.10 Å². The zero-order valence-corrected chi connectivity index (χ0v) is 13.2. The smallest absolute Gasteiger partial charge is 0.267 e. The highest BCUT2D eigenvalue weighted by Crippen LogP contribution is 2.26. The number of nitrogens with two attached hydrogens (primary N) is 1. The normalized spacial score (nSPS) is 11.6. The van der Waals surface area contributed by atoms with Crippen LogP contribution in [0, 0.1) is 13.8 Å². The minimum atomic E-state index is -3.63. The molecule has 1 heterocycles. The van der Waals surface area contributed by atoms with Gasteiger partial charge in [-0.15, -0.1) is 0 Å². The van der Waals surface area contributed by atoms with Crippen molar-refractivity contribution in [3.8, 4) is 0 Å². The second-order valence-corrected chi connectivity index (χ2v) is 6.60. The molecule has 0 radical (unpaired) electrons. The lowest BCUT2D eigenvalue weighted by molar-refractivity contribution is 0.590. The van der Waals surface area contributed by atoms with E-state index in [-0.39, 0.29) is 4.90 Å². The number of nitrogens with one attached hydrogen (secondary N) is 1. The number of benzene rings is 1. The highest BCUT2D eigenvalue weighted by Gasteiger charge is 2.28. The summed E-state index contributed by atoms with van der Waals surface area (Å²) < 4.78 is 27.1. The van der Waals surface area contributed by atoms with Crippen molar-refractivity contribution in [3.05, 3.63) is 41.2 Å².